The highest BCUT2D eigenvalue weighted by Gasteiger charge is 2.62. The van der Waals surface area contributed by atoms with Crippen LogP contribution in [-0.2, 0) is 0 Å². The van der Waals surface area contributed by atoms with Crippen molar-refractivity contribution in [2.24, 2.45) is 0 Å². The number of anilines is 1. The summed E-state index contributed by atoms with van der Waals surface area (Å²) < 4.78 is 56.5. The van der Waals surface area contributed by atoms with Crippen LogP contribution >= 0.6 is 0 Å². The third kappa shape index (κ3) is 3.23. The number of aromatic hydroxyl groups is 1. The second-order valence-corrected chi connectivity index (χ2v) is 7.78. The number of halogens is 4. The van der Waals surface area contributed by atoms with Crippen molar-refractivity contribution in [3.8, 4) is 5.75 Å². The lowest BCUT2D eigenvalue weighted by Crippen LogP contribution is -2.55. The summed E-state index contributed by atoms with van der Waals surface area (Å²) in [6.07, 6.45) is -4.23. The molecule has 0 amide bonds. The Morgan fingerprint density at radius 2 is 1.94 bits per heavy atom. The van der Waals surface area contributed by atoms with Gasteiger partial charge in [0.25, 0.3) is 5.56 Å². The summed E-state index contributed by atoms with van der Waals surface area (Å²) in [7, 11) is 0. The Morgan fingerprint density at radius 3 is 2.61 bits per heavy atom. The molecule has 2 unspecified atom stereocenters. The van der Waals surface area contributed by atoms with Crippen LogP contribution in [0.25, 0.3) is 10.8 Å². The zero-order chi connectivity index (χ0) is 22.6. The number of benzene rings is 2. The number of phenolic OH excluding ortho intramolecular Hbond substituents is 1. The first-order chi connectivity index (χ1) is 14.6. The summed E-state index contributed by atoms with van der Waals surface area (Å²) in [4.78, 5) is 14.6. The predicted molar refractivity (Wildman–Crippen MR) is 108 cm³/mol. The van der Waals surface area contributed by atoms with Crippen LogP contribution in [0.4, 0.5) is 23.2 Å². The number of hydrogen-bond donors (Lipinski definition) is 4. The fraction of sp³-hybridized carbons (Fsp3) is 0.318. The van der Waals surface area contributed by atoms with Crippen LogP contribution in [0.15, 0.2) is 47.4 Å². The highest BCUT2D eigenvalue weighted by Crippen LogP contribution is 2.55. The number of aliphatic hydroxyl groups is 1. The molecule has 1 heterocycles. The number of fused-ring (bicyclic) bond motifs is 2. The van der Waals surface area contributed by atoms with Gasteiger partial charge in [0.05, 0.1) is 6.04 Å². The van der Waals surface area contributed by atoms with Crippen LogP contribution in [0, 0.1) is 5.82 Å². The molecule has 1 aromatic heterocycles. The van der Waals surface area contributed by atoms with E-state index < -0.39 is 47.3 Å². The number of hydrogen-bond acceptors (Lipinski definition) is 4. The Hall–Kier alpha value is -3.07. The van der Waals surface area contributed by atoms with E-state index in [-0.39, 0.29) is 28.6 Å². The fourth-order valence-corrected chi connectivity index (χ4v) is 4.46. The smallest absolute Gasteiger partial charge is 0.419 e. The predicted octanol–water partition coefficient (Wildman–Crippen LogP) is 4.72. The van der Waals surface area contributed by atoms with Crippen LogP contribution in [0.5, 0.6) is 5.75 Å². The number of nitrogens with one attached hydrogen (secondary N) is 2. The lowest BCUT2D eigenvalue weighted by Gasteiger charge is -2.45. The van der Waals surface area contributed by atoms with E-state index in [1.54, 1.807) is 6.92 Å². The van der Waals surface area contributed by atoms with Gasteiger partial charge in [0, 0.05) is 28.2 Å². The van der Waals surface area contributed by atoms with E-state index in [1.165, 1.54) is 30.5 Å². The Morgan fingerprint density at radius 1 is 1.19 bits per heavy atom. The van der Waals surface area contributed by atoms with E-state index in [0.717, 1.165) is 12.1 Å². The van der Waals surface area contributed by atoms with Crippen LogP contribution in [0.3, 0.4) is 0 Å². The lowest BCUT2D eigenvalue weighted by atomic mass is 9.69. The molecular weight excluding hydrogens is 416 g/mol. The van der Waals surface area contributed by atoms with Gasteiger partial charge in [-0.3, -0.25) is 4.79 Å². The van der Waals surface area contributed by atoms with Gasteiger partial charge in [-0.2, -0.15) is 13.2 Å². The van der Waals surface area contributed by atoms with Gasteiger partial charge < -0.3 is 20.5 Å². The summed E-state index contributed by atoms with van der Waals surface area (Å²) in [6, 6.07) is 6.36. The molecule has 4 N–H and O–H groups in total. The Labute approximate surface area is 174 Å². The van der Waals surface area contributed by atoms with E-state index in [4.69, 9.17) is 0 Å². The molecule has 0 saturated carbocycles. The second kappa shape index (κ2) is 7.26. The number of phenols is 1. The zero-order valence-corrected chi connectivity index (χ0v) is 16.4. The molecule has 3 atom stereocenters. The van der Waals surface area contributed by atoms with E-state index in [9.17, 15) is 32.6 Å². The van der Waals surface area contributed by atoms with Gasteiger partial charge in [0.15, 0.2) is 17.2 Å². The molecule has 0 spiro atoms. The van der Waals surface area contributed by atoms with Gasteiger partial charge in [-0.1, -0.05) is 19.1 Å². The molecule has 4 rings (SSSR count). The zero-order valence-electron chi connectivity index (χ0n) is 16.4. The SMILES string of the molecule is CCC1C[C@](O)(C(F)(F)F)C(Nc2cccc3c(=O)[nH]ccc23)c2ccc(F)c(O)c21. The normalized spacial score (nSPS) is 23.5. The molecule has 2 aromatic carbocycles. The molecule has 164 valence electrons. The fourth-order valence-electron chi connectivity index (χ4n) is 4.46. The number of H-pyrrole nitrogens is 1. The number of rotatable bonds is 3. The van der Waals surface area contributed by atoms with Crippen LogP contribution in [0.2, 0.25) is 0 Å². The molecule has 5 nitrogen and oxygen atoms in total. The van der Waals surface area contributed by atoms with Crippen LogP contribution < -0.4 is 10.9 Å². The summed E-state index contributed by atoms with van der Waals surface area (Å²) in [5.41, 5.74) is -3.40. The Kier molecular flexibility index (Phi) is 4.96. The van der Waals surface area contributed by atoms with Crippen molar-refractivity contribution in [2.45, 2.75) is 43.5 Å². The minimum absolute atomic E-state index is 0.0429. The Bertz CT molecular complexity index is 1210. The highest BCUT2D eigenvalue weighted by molar-refractivity contribution is 5.93. The molecule has 1 aliphatic carbocycles. The van der Waals surface area contributed by atoms with Crippen molar-refractivity contribution in [2.75, 3.05) is 5.32 Å². The topological polar surface area (TPSA) is 85.4 Å². The number of pyridine rings is 1. The largest absolute Gasteiger partial charge is 0.505 e. The molecule has 3 aromatic rings. The van der Waals surface area contributed by atoms with Gasteiger partial charge >= 0.3 is 6.18 Å². The Balaban J connectivity index is 1.95. The monoisotopic (exact) mass is 436 g/mol. The highest BCUT2D eigenvalue weighted by atomic mass is 19.4. The maximum atomic E-state index is 14.2. The van der Waals surface area contributed by atoms with E-state index in [1.807, 2.05) is 0 Å². The number of alkyl halides is 3. The molecule has 1 aliphatic rings. The van der Waals surface area contributed by atoms with Crippen LogP contribution in [-0.4, -0.2) is 27.0 Å². The van der Waals surface area contributed by atoms with Gasteiger partial charge in [0.2, 0.25) is 0 Å². The van der Waals surface area contributed by atoms with E-state index in [0.29, 0.717) is 5.39 Å². The second-order valence-electron chi connectivity index (χ2n) is 7.78. The van der Waals surface area contributed by atoms with Crippen molar-refractivity contribution in [3.05, 3.63) is 69.9 Å². The van der Waals surface area contributed by atoms with Crippen molar-refractivity contribution < 1.29 is 27.8 Å². The van der Waals surface area contributed by atoms with Gasteiger partial charge in [-0.15, -0.1) is 0 Å². The molecule has 0 saturated heterocycles. The molecule has 9 heteroatoms. The first-order valence-corrected chi connectivity index (χ1v) is 9.75. The van der Waals surface area contributed by atoms with Crippen molar-refractivity contribution in [3.63, 3.8) is 0 Å². The quantitative estimate of drug-likeness (QED) is 0.448. The van der Waals surface area contributed by atoms with E-state index >= 15 is 0 Å². The maximum Gasteiger partial charge on any atom is 0.419 e. The first-order valence-electron chi connectivity index (χ1n) is 9.75. The van der Waals surface area contributed by atoms with Crippen molar-refractivity contribution >= 4 is 16.5 Å². The minimum Gasteiger partial charge on any atom is -0.505 e. The van der Waals surface area contributed by atoms with Gasteiger partial charge in [0.1, 0.15) is 0 Å². The standard InChI is InChI=1S/C22H20F4N2O3/c1-2-11-10-21(31,22(24,25)26)19(14-6-7-15(23)18(29)17(11)14)28-16-5-3-4-13-12(16)8-9-27-20(13)30/h3-9,11,19,28-29,31H,2,10H2,1H3,(H,27,30)/t11?,19?,21-/m1/s1. The summed E-state index contributed by atoms with van der Waals surface area (Å²) in [6.45, 7) is 1.61. The lowest BCUT2D eigenvalue weighted by molar-refractivity contribution is -0.272. The number of aromatic nitrogens is 1. The number of aromatic amines is 1. The molecule has 31 heavy (non-hydrogen) atoms. The maximum absolute atomic E-state index is 14.2. The summed E-state index contributed by atoms with van der Waals surface area (Å²) in [5.74, 6) is -2.55. The minimum atomic E-state index is -5.01. The van der Waals surface area contributed by atoms with Crippen molar-refractivity contribution in [1.29, 1.82) is 0 Å². The summed E-state index contributed by atoms with van der Waals surface area (Å²) in [5, 5.41) is 24.6. The molecule has 0 bridgehead atoms. The first kappa shape index (κ1) is 21.2. The van der Waals surface area contributed by atoms with Gasteiger partial charge in [-0.25, -0.2) is 4.39 Å². The molecule has 0 fully saturated rings. The third-order valence-corrected chi connectivity index (χ3v) is 6.05. The average Bonchev–Trinajstić information content (AvgIpc) is 2.72. The molecular formula is C22H20F4N2O3. The van der Waals surface area contributed by atoms with Gasteiger partial charge in [-0.05, 0) is 48.6 Å². The van der Waals surface area contributed by atoms with Crippen LogP contribution in [0.1, 0.15) is 42.9 Å². The van der Waals surface area contributed by atoms with Crippen molar-refractivity contribution in [1.82, 2.24) is 4.98 Å². The van der Waals surface area contributed by atoms with E-state index in [2.05, 4.69) is 10.3 Å². The average molecular weight is 436 g/mol. The molecule has 0 aliphatic heterocycles. The summed E-state index contributed by atoms with van der Waals surface area (Å²) >= 11 is 0. The third-order valence-electron chi connectivity index (χ3n) is 6.05. The molecule has 0 radical (unpaired) electrons.